The molecule has 3 nitrogen and oxygen atoms in total. The third-order valence-electron chi connectivity index (χ3n) is 3.41. The number of rotatable bonds is 6. The highest BCUT2D eigenvalue weighted by molar-refractivity contribution is 6.33. The van der Waals surface area contributed by atoms with Gasteiger partial charge in [-0.05, 0) is 38.0 Å². The fourth-order valence-electron chi connectivity index (χ4n) is 2.26. The Balaban J connectivity index is 1.79. The number of ether oxygens (including phenoxy) is 1. The summed E-state index contributed by atoms with van der Waals surface area (Å²) in [7, 11) is 0. The largest absolute Gasteiger partial charge is 0.387 e. The van der Waals surface area contributed by atoms with Gasteiger partial charge in [0.1, 0.15) is 0 Å². The molecule has 19 heavy (non-hydrogen) atoms. The predicted octanol–water partition coefficient (Wildman–Crippen LogP) is 3.18. The molecule has 1 atom stereocenters. The number of benzene rings is 1. The Morgan fingerprint density at radius 3 is 2.84 bits per heavy atom. The van der Waals surface area contributed by atoms with E-state index in [0.717, 1.165) is 19.4 Å². The zero-order valence-electron chi connectivity index (χ0n) is 10.9. The molecule has 1 aliphatic rings. The Hall–Kier alpha value is -0.320. The Morgan fingerprint density at radius 2 is 2.16 bits per heavy atom. The highest BCUT2D eigenvalue weighted by atomic mass is 35.5. The maximum atomic E-state index is 10.1. The summed E-state index contributed by atoms with van der Waals surface area (Å²) < 4.78 is 5.49. The topological polar surface area (TPSA) is 41.5 Å². The zero-order chi connectivity index (χ0) is 13.8. The van der Waals surface area contributed by atoms with Gasteiger partial charge in [0.15, 0.2) is 0 Å². The summed E-state index contributed by atoms with van der Waals surface area (Å²) >= 11 is 12.0. The first-order chi connectivity index (χ1) is 9.10. The van der Waals surface area contributed by atoms with Crippen LogP contribution in [0.3, 0.4) is 0 Å². The molecule has 5 heteroatoms. The molecule has 0 saturated heterocycles. The second-order valence-electron chi connectivity index (χ2n) is 4.84. The molecule has 1 aromatic rings. The number of hydrogen-bond acceptors (Lipinski definition) is 3. The number of aliphatic hydroxyl groups is 1. The number of nitrogens with one attached hydrogen (secondary N) is 1. The summed E-state index contributed by atoms with van der Waals surface area (Å²) in [6.07, 6.45) is 1.74. The van der Waals surface area contributed by atoms with E-state index in [2.05, 4.69) is 5.32 Å². The molecular weight excluding hydrogens is 285 g/mol. The first-order valence-corrected chi connectivity index (χ1v) is 7.33. The van der Waals surface area contributed by atoms with Crippen molar-refractivity contribution in [3.8, 4) is 0 Å². The maximum Gasteiger partial charge on any atom is 0.0929 e. The number of aliphatic hydroxyl groups excluding tert-OH is 1. The number of halogens is 2. The Morgan fingerprint density at radius 1 is 1.42 bits per heavy atom. The maximum absolute atomic E-state index is 10.1. The molecule has 0 amide bonds. The molecule has 0 aromatic heterocycles. The highest BCUT2D eigenvalue weighted by Gasteiger charge is 2.29. The first-order valence-electron chi connectivity index (χ1n) is 6.58. The van der Waals surface area contributed by atoms with Gasteiger partial charge in [0, 0.05) is 34.8 Å². The van der Waals surface area contributed by atoms with E-state index in [0.29, 0.717) is 34.3 Å². The van der Waals surface area contributed by atoms with Gasteiger partial charge in [-0.15, -0.1) is 0 Å². The molecule has 1 aliphatic carbocycles. The summed E-state index contributed by atoms with van der Waals surface area (Å²) in [5, 5.41) is 14.6. The van der Waals surface area contributed by atoms with E-state index < -0.39 is 6.10 Å². The fraction of sp³-hybridized carbons (Fsp3) is 0.571. The van der Waals surface area contributed by atoms with Crippen molar-refractivity contribution >= 4 is 23.2 Å². The average molecular weight is 304 g/mol. The van der Waals surface area contributed by atoms with Crippen LogP contribution in [0.25, 0.3) is 0 Å². The normalized spacial score (nSPS) is 24.0. The van der Waals surface area contributed by atoms with Crippen LogP contribution < -0.4 is 5.32 Å². The van der Waals surface area contributed by atoms with Crippen molar-refractivity contribution in [3.63, 3.8) is 0 Å². The van der Waals surface area contributed by atoms with Crippen LogP contribution in [-0.4, -0.2) is 30.4 Å². The van der Waals surface area contributed by atoms with E-state index in [1.54, 1.807) is 18.2 Å². The molecular formula is C14H19Cl2NO2. The molecule has 1 unspecified atom stereocenters. The van der Waals surface area contributed by atoms with Gasteiger partial charge in [-0.1, -0.05) is 23.2 Å². The summed E-state index contributed by atoms with van der Waals surface area (Å²) in [5.74, 6) is 0. The van der Waals surface area contributed by atoms with E-state index >= 15 is 0 Å². The van der Waals surface area contributed by atoms with Gasteiger partial charge in [-0.3, -0.25) is 0 Å². The van der Waals surface area contributed by atoms with Gasteiger partial charge >= 0.3 is 0 Å². The monoisotopic (exact) mass is 303 g/mol. The van der Waals surface area contributed by atoms with Crippen LogP contribution >= 0.6 is 23.2 Å². The van der Waals surface area contributed by atoms with Gasteiger partial charge in [-0.25, -0.2) is 0 Å². The van der Waals surface area contributed by atoms with Crippen LogP contribution in [0, 0.1) is 0 Å². The minimum absolute atomic E-state index is 0.370. The van der Waals surface area contributed by atoms with Crippen LogP contribution in [0.5, 0.6) is 0 Å². The van der Waals surface area contributed by atoms with E-state index in [1.807, 2.05) is 6.92 Å². The minimum atomic E-state index is -0.641. The lowest BCUT2D eigenvalue weighted by Crippen LogP contribution is -2.46. The lowest BCUT2D eigenvalue weighted by Gasteiger charge is -2.36. The van der Waals surface area contributed by atoms with Crippen molar-refractivity contribution in [3.05, 3.63) is 33.8 Å². The van der Waals surface area contributed by atoms with Crippen molar-refractivity contribution in [2.24, 2.45) is 0 Å². The van der Waals surface area contributed by atoms with Crippen LogP contribution in [0.2, 0.25) is 10.0 Å². The summed E-state index contributed by atoms with van der Waals surface area (Å²) in [5.41, 5.74) is 0.669. The van der Waals surface area contributed by atoms with Crippen LogP contribution in [0.1, 0.15) is 31.4 Å². The van der Waals surface area contributed by atoms with E-state index in [9.17, 15) is 5.11 Å². The van der Waals surface area contributed by atoms with Crippen molar-refractivity contribution in [1.82, 2.24) is 5.32 Å². The fourth-order valence-corrected chi connectivity index (χ4v) is 2.69. The van der Waals surface area contributed by atoms with Gasteiger partial charge in [-0.2, -0.15) is 0 Å². The van der Waals surface area contributed by atoms with E-state index in [-0.39, 0.29) is 0 Å². The minimum Gasteiger partial charge on any atom is -0.387 e. The third-order valence-corrected chi connectivity index (χ3v) is 3.99. The van der Waals surface area contributed by atoms with Crippen molar-refractivity contribution in [1.29, 1.82) is 0 Å². The molecule has 0 aliphatic heterocycles. The molecule has 0 bridgehead atoms. The average Bonchev–Trinajstić information content (AvgIpc) is 2.34. The predicted molar refractivity (Wildman–Crippen MR) is 77.9 cm³/mol. The Bertz CT molecular complexity index is 422. The molecule has 0 heterocycles. The molecule has 0 radical (unpaired) electrons. The van der Waals surface area contributed by atoms with Crippen molar-refractivity contribution in [2.75, 3.05) is 13.2 Å². The van der Waals surface area contributed by atoms with Crippen LogP contribution in [0.4, 0.5) is 0 Å². The summed E-state index contributed by atoms with van der Waals surface area (Å²) in [6.45, 7) is 3.24. The van der Waals surface area contributed by atoms with Gasteiger partial charge in [0.2, 0.25) is 0 Å². The first kappa shape index (κ1) is 15.1. The smallest absolute Gasteiger partial charge is 0.0929 e. The Labute approximate surface area is 123 Å². The van der Waals surface area contributed by atoms with Crippen LogP contribution in [-0.2, 0) is 4.74 Å². The standard InChI is InChI=1S/C14H19Cl2NO2/c1-2-19-11-6-10(7-11)17-8-14(18)12-5-9(15)3-4-13(12)16/h3-5,10-11,14,17-18H,2,6-8H2,1H3. The zero-order valence-corrected chi connectivity index (χ0v) is 12.4. The quantitative estimate of drug-likeness (QED) is 0.848. The molecule has 0 spiro atoms. The molecule has 106 valence electrons. The third kappa shape index (κ3) is 4.07. The number of hydrogen-bond donors (Lipinski definition) is 2. The lowest BCUT2D eigenvalue weighted by molar-refractivity contribution is -0.0123. The second kappa shape index (κ2) is 6.91. The van der Waals surface area contributed by atoms with Crippen LogP contribution in [0.15, 0.2) is 18.2 Å². The van der Waals surface area contributed by atoms with Gasteiger partial charge in [0.05, 0.1) is 12.2 Å². The van der Waals surface area contributed by atoms with Gasteiger partial charge < -0.3 is 15.2 Å². The molecule has 1 aromatic carbocycles. The Kier molecular flexibility index (Phi) is 5.48. The van der Waals surface area contributed by atoms with E-state index in [1.165, 1.54) is 0 Å². The van der Waals surface area contributed by atoms with Crippen molar-refractivity contribution in [2.45, 2.75) is 38.0 Å². The second-order valence-corrected chi connectivity index (χ2v) is 5.68. The summed E-state index contributed by atoms with van der Waals surface area (Å²) in [4.78, 5) is 0. The molecule has 1 saturated carbocycles. The van der Waals surface area contributed by atoms with E-state index in [4.69, 9.17) is 27.9 Å². The molecule has 2 rings (SSSR count). The van der Waals surface area contributed by atoms with Gasteiger partial charge in [0.25, 0.3) is 0 Å². The van der Waals surface area contributed by atoms with Crippen molar-refractivity contribution < 1.29 is 9.84 Å². The molecule has 2 N–H and O–H groups in total. The lowest BCUT2D eigenvalue weighted by atomic mass is 9.89. The highest BCUT2D eigenvalue weighted by Crippen LogP contribution is 2.27. The summed E-state index contributed by atoms with van der Waals surface area (Å²) in [6, 6.07) is 5.55. The molecule has 1 fully saturated rings. The SMILES string of the molecule is CCOC1CC(NCC(O)c2cc(Cl)ccc2Cl)C1.